The van der Waals surface area contributed by atoms with Gasteiger partial charge in [0.25, 0.3) is 0 Å². The summed E-state index contributed by atoms with van der Waals surface area (Å²) < 4.78 is 28.9. The van der Waals surface area contributed by atoms with Gasteiger partial charge in [0.15, 0.2) is 9.84 Å². The van der Waals surface area contributed by atoms with E-state index in [1.807, 2.05) is 19.9 Å². The van der Waals surface area contributed by atoms with Crippen LogP contribution in [0.25, 0.3) is 0 Å². The summed E-state index contributed by atoms with van der Waals surface area (Å²) in [5.41, 5.74) is 0.820. The van der Waals surface area contributed by atoms with Crippen molar-refractivity contribution in [3.05, 3.63) is 24.0 Å². The minimum atomic E-state index is -3.23. The Morgan fingerprint density at radius 3 is 2.52 bits per heavy atom. The Balaban J connectivity index is 3.17. The van der Waals surface area contributed by atoms with Crippen molar-refractivity contribution in [2.75, 3.05) is 19.4 Å². The van der Waals surface area contributed by atoms with E-state index in [9.17, 15) is 8.42 Å². The summed E-state index contributed by atoms with van der Waals surface area (Å²) in [7, 11) is -3.23. The average Bonchev–Trinajstić information content (AvgIpc) is 2.41. The van der Waals surface area contributed by atoms with Gasteiger partial charge in [-0.3, -0.25) is 4.98 Å². The highest BCUT2D eigenvalue weighted by molar-refractivity contribution is 7.92. The van der Waals surface area contributed by atoms with E-state index in [0.29, 0.717) is 18.9 Å². The molecule has 0 aliphatic carbocycles. The molecule has 1 unspecified atom stereocenters. The number of pyridine rings is 1. The molecule has 120 valence electrons. The monoisotopic (exact) mass is 314 g/mol. The number of nitrogens with one attached hydrogen (secondary N) is 1. The first-order valence-electron chi connectivity index (χ1n) is 7.24. The fourth-order valence-corrected chi connectivity index (χ4v) is 2.72. The third-order valence-corrected chi connectivity index (χ3v) is 5.75. The largest absolute Gasteiger partial charge is 0.492 e. The Kier molecular flexibility index (Phi) is 6.16. The van der Waals surface area contributed by atoms with E-state index in [-0.39, 0.29) is 6.04 Å². The third kappa shape index (κ3) is 4.41. The first-order valence-corrected chi connectivity index (χ1v) is 9.13. The second-order valence-corrected chi connectivity index (χ2v) is 8.27. The van der Waals surface area contributed by atoms with E-state index in [2.05, 4.69) is 10.3 Å². The Morgan fingerprint density at radius 1 is 1.33 bits per heavy atom. The maximum atomic E-state index is 12.1. The average molecular weight is 314 g/mol. The lowest BCUT2D eigenvalue weighted by Crippen LogP contribution is -2.45. The molecule has 0 radical (unpaired) electrons. The zero-order valence-corrected chi connectivity index (χ0v) is 14.3. The van der Waals surface area contributed by atoms with Crippen LogP contribution in [0.3, 0.4) is 0 Å². The molecule has 1 heterocycles. The number of hydrogen-bond acceptors (Lipinski definition) is 5. The van der Waals surface area contributed by atoms with Crippen LogP contribution < -0.4 is 10.1 Å². The van der Waals surface area contributed by atoms with E-state index >= 15 is 0 Å². The lowest BCUT2D eigenvalue weighted by molar-refractivity contribution is 0.314. The molecule has 0 saturated carbocycles. The fraction of sp³-hybridized carbons (Fsp3) is 0.667. The molecule has 0 bridgehead atoms. The van der Waals surface area contributed by atoms with Crippen molar-refractivity contribution in [1.82, 2.24) is 10.3 Å². The van der Waals surface area contributed by atoms with E-state index < -0.39 is 14.6 Å². The molecule has 21 heavy (non-hydrogen) atoms. The Labute approximate surface area is 128 Å². The van der Waals surface area contributed by atoms with Gasteiger partial charge >= 0.3 is 0 Å². The van der Waals surface area contributed by atoms with Gasteiger partial charge in [0, 0.05) is 12.5 Å². The Morgan fingerprint density at radius 2 is 2.00 bits per heavy atom. The van der Waals surface area contributed by atoms with Crippen molar-refractivity contribution < 1.29 is 13.2 Å². The van der Waals surface area contributed by atoms with Gasteiger partial charge in [-0.1, -0.05) is 13.8 Å². The van der Waals surface area contributed by atoms with E-state index in [0.717, 1.165) is 12.0 Å². The molecule has 5 nitrogen and oxygen atoms in total. The van der Waals surface area contributed by atoms with Gasteiger partial charge in [0.05, 0.1) is 23.6 Å². The summed E-state index contributed by atoms with van der Waals surface area (Å²) in [5, 5.41) is 3.25. The van der Waals surface area contributed by atoms with Gasteiger partial charge < -0.3 is 10.1 Å². The SMILES string of the molecule is CCCOc1cncc(C(NCC)C(C)(C)S(C)(=O)=O)c1. The van der Waals surface area contributed by atoms with Crippen molar-refractivity contribution in [3.8, 4) is 5.75 Å². The summed E-state index contributed by atoms with van der Waals surface area (Å²) in [6.07, 6.45) is 5.52. The normalized spacial score (nSPS) is 14.0. The quantitative estimate of drug-likeness (QED) is 0.797. The minimum absolute atomic E-state index is 0.338. The number of ether oxygens (including phenoxy) is 1. The van der Waals surface area contributed by atoms with Crippen LogP contribution in [0.5, 0.6) is 5.75 Å². The molecule has 0 amide bonds. The number of sulfone groups is 1. The molecule has 0 aromatic carbocycles. The molecular weight excluding hydrogens is 288 g/mol. The van der Waals surface area contributed by atoms with Gasteiger partial charge in [0.1, 0.15) is 5.75 Å². The molecule has 0 saturated heterocycles. The summed E-state index contributed by atoms with van der Waals surface area (Å²) in [6.45, 7) is 8.74. The van der Waals surface area contributed by atoms with Gasteiger partial charge in [-0.15, -0.1) is 0 Å². The van der Waals surface area contributed by atoms with Crippen LogP contribution in [0.2, 0.25) is 0 Å². The molecule has 1 rings (SSSR count). The predicted octanol–water partition coefficient (Wildman–Crippen LogP) is 2.34. The molecule has 0 spiro atoms. The zero-order chi connectivity index (χ0) is 16.1. The van der Waals surface area contributed by atoms with Gasteiger partial charge in [-0.25, -0.2) is 8.42 Å². The highest BCUT2D eigenvalue weighted by Gasteiger charge is 2.39. The fourth-order valence-electron chi connectivity index (χ4n) is 2.08. The lowest BCUT2D eigenvalue weighted by Gasteiger charge is -2.33. The number of aromatic nitrogens is 1. The molecule has 0 aliphatic heterocycles. The summed E-state index contributed by atoms with van der Waals surface area (Å²) >= 11 is 0. The minimum Gasteiger partial charge on any atom is -0.492 e. The van der Waals surface area contributed by atoms with Crippen molar-refractivity contribution >= 4 is 9.84 Å². The Hall–Kier alpha value is -1.14. The molecule has 1 aromatic rings. The molecular formula is C15H26N2O3S. The van der Waals surface area contributed by atoms with Crippen molar-refractivity contribution in [2.24, 2.45) is 0 Å². The number of hydrogen-bond donors (Lipinski definition) is 1. The van der Waals surface area contributed by atoms with E-state index in [1.165, 1.54) is 6.26 Å². The first-order chi connectivity index (χ1) is 9.74. The number of nitrogens with zero attached hydrogens (tertiary/aromatic N) is 1. The molecule has 6 heteroatoms. The molecule has 1 atom stereocenters. The van der Waals surface area contributed by atoms with Crippen LogP contribution in [0.4, 0.5) is 0 Å². The number of rotatable bonds is 8. The maximum Gasteiger partial charge on any atom is 0.154 e. The third-order valence-electron chi connectivity index (χ3n) is 3.60. The van der Waals surface area contributed by atoms with Crippen molar-refractivity contribution in [2.45, 2.75) is 44.9 Å². The zero-order valence-electron chi connectivity index (χ0n) is 13.5. The van der Waals surface area contributed by atoms with Crippen LogP contribution in [0, 0.1) is 0 Å². The van der Waals surface area contributed by atoms with Crippen LogP contribution >= 0.6 is 0 Å². The van der Waals surface area contributed by atoms with Crippen LogP contribution in [-0.4, -0.2) is 37.6 Å². The van der Waals surface area contributed by atoms with Crippen molar-refractivity contribution in [1.29, 1.82) is 0 Å². The molecule has 1 N–H and O–H groups in total. The van der Waals surface area contributed by atoms with Crippen LogP contribution in [0.15, 0.2) is 18.5 Å². The molecule has 0 fully saturated rings. The predicted molar refractivity (Wildman–Crippen MR) is 85.4 cm³/mol. The van der Waals surface area contributed by atoms with Gasteiger partial charge in [-0.2, -0.15) is 0 Å². The standard InChI is InChI=1S/C15H26N2O3S/c1-6-8-20-13-9-12(10-16-11-13)14(17-7-2)15(3,4)21(5,18)19/h9-11,14,17H,6-8H2,1-5H3. The summed E-state index contributed by atoms with van der Waals surface area (Å²) in [4.78, 5) is 4.18. The second kappa shape index (κ2) is 7.22. The topological polar surface area (TPSA) is 68.3 Å². The van der Waals surface area contributed by atoms with Crippen LogP contribution in [0.1, 0.15) is 45.7 Å². The summed E-state index contributed by atoms with van der Waals surface area (Å²) in [5.74, 6) is 0.668. The van der Waals surface area contributed by atoms with E-state index in [1.54, 1.807) is 26.2 Å². The van der Waals surface area contributed by atoms with Gasteiger partial charge in [0.2, 0.25) is 0 Å². The maximum absolute atomic E-state index is 12.1. The summed E-state index contributed by atoms with van der Waals surface area (Å²) in [6, 6.07) is 1.53. The molecule has 0 aliphatic rings. The lowest BCUT2D eigenvalue weighted by atomic mass is 9.96. The van der Waals surface area contributed by atoms with Gasteiger partial charge in [-0.05, 0) is 38.4 Å². The second-order valence-electron chi connectivity index (χ2n) is 5.67. The smallest absolute Gasteiger partial charge is 0.154 e. The van der Waals surface area contributed by atoms with Crippen LogP contribution in [-0.2, 0) is 9.84 Å². The van der Waals surface area contributed by atoms with E-state index in [4.69, 9.17) is 4.74 Å². The molecule has 1 aromatic heterocycles. The highest BCUT2D eigenvalue weighted by atomic mass is 32.2. The van der Waals surface area contributed by atoms with Crippen molar-refractivity contribution in [3.63, 3.8) is 0 Å². The highest BCUT2D eigenvalue weighted by Crippen LogP contribution is 2.33. The Bertz CT molecular complexity index is 556. The first kappa shape index (κ1) is 17.9.